The minimum Gasteiger partial charge on any atom is -0.0843 e. The summed E-state index contributed by atoms with van der Waals surface area (Å²) in [6.45, 7) is 2.08. The van der Waals surface area contributed by atoms with Gasteiger partial charge in [0.2, 0.25) is 0 Å². The van der Waals surface area contributed by atoms with Crippen LogP contribution in [0, 0.1) is 6.42 Å². The van der Waals surface area contributed by atoms with Crippen molar-refractivity contribution in [3.63, 3.8) is 0 Å². The van der Waals surface area contributed by atoms with Crippen LogP contribution in [0.3, 0.4) is 0 Å². The first-order valence-electron chi connectivity index (χ1n) is 3.51. The quantitative estimate of drug-likeness (QED) is 0.658. The molecule has 1 radical (unpaired) electrons. The van der Waals surface area contributed by atoms with Crippen LogP contribution in [0.2, 0.25) is 10.0 Å². The molecule has 0 fully saturated rings. The summed E-state index contributed by atoms with van der Waals surface area (Å²) >= 11 is 11.6. The molecule has 1 aromatic rings. The van der Waals surface area contributed by atoms with Crippen molar-refractivity contribution in [1.82, 2.24) is 0 Å². The molecule has 0 N–H and O–H groups in total. The predicted octanol–water partition coefficient (Wildman–Crippen LogP) is 3.96. The molecule has 0 aliphatic rings. The SMILES string of the molecule is CC[CH]c1cc(Cl)cc(Cl)c1. The Hall–Kier alpha value is -0.200. The van der Waals surface area contributed by atoms with Crippen LogP contribution in [-0.4, -0.2) is 0 Å². The summed E-state index contributed by atoms with van der Waals surface area (Å²) in [4.78, 5) is 0. The van der Waals surface area contributed by atoms with Gasteiger partial charge in [-0.3, -0.25) is 0 Å². The van der Waals surface area contributed by atoms with E-state index in [4.69, 9.17) is 23.2 Å². The minimum absolute atomic E-state index is 0.692. The van der Waals surface area contributed by atoms with Crippen molar-refractivity contribution < 1.29 is 0 Å². The van der Waals surface area contributed by atoms with E-state index >= 15 is 0 Å². The Kier molecular flexibility index (Phi) is 3.22. The highest BCUT2D eigenvalue weighted by molar-refractivity contribution is 6.34. The standard InChI is InChI=1S/C9H9Cl2/c1-2-3-7-4-8(10)6-9(11)5-7/h3-6H,2H2,1H3. The summed E-state index contributed by atoms with van der Waals surface area (Å²) in [5.41, 5.74) is 1.09. The molecule has 0 unspecified atom stereocenters. The molecular weight excluding hydrogens is 179 g/mol. The highest BCUT2D eigenvalue weighted by Crippen LogP contribution is 2.20. The Labute approximate surface area is 77.1 Å². The van der Waals surface area contributed by atoms with E-state index in [9.17, 15) is 0 Å². The van der Waals surface area contributed by atoms with Crippen LogP contribution in [0.4, 0.5) is 0 Å². The Morgan fingerprint density at radius 3 is 2.18 bits per heavy atom. The lowest BCUT2D eigenvalue weighted by Crippen LogP contribution is -1.79. The monoisotopic (exact) mass is 187 g/mol. The van der Waals surface area contributed by atoms with Gasteiger partial charge in [0, 0.05) is 10.0 Å². The van der Waals surface area contributed by atoms with Crippen molar-refractivity contribution in [3.8, 4) is 0 Å². The molecule has 1 aromatic carbocycles. The predicted molar refractivity (Wildman–Crippen MR) is 50.2 cm³/mol. The second kappa shape index (κ2) is 3.99. The number of hydrogen-bond acceptors (Lipinski definition) is 0. The first-order chi connectivity index (χ1) is 5.22. The maximum atomic E-state index is 5.78. The van der Waals surface area contributed by atoms with Crippen molar-refractivity contribution in [1.29, 1.82) is 0 Å². The molecule has 11 heavy (non-hydrogen) atoms. The van der Waals surface area contributed by atoms with E-state index in [1.165, 1.54) is 0 Å². The Balaban J connectivity index is 2.89. The van der Waals surface area contributed by atoms with E-state index in [1.807, 2.05) is 12.1 Å². The molecule has 2 heteroatoms. The summed E-state index contributed by atoms with van der Waals surface area (Å²) in [5, 5.41) is 1.38. The fourth-order valence-electron chi connectivity index (χ4n) is 0.929. The maximum Gasteiger partial charge on any atom is 0.0423 e. The third-order valence-corrected chi connectivity index (χ3v) is 1.76. The van der Waals surface area contributed by atoms with E-state index in [2.05, 4.69) is 13.3 Å². The molecule has 0 atom stereocenters. The highest BCUT2D eigenvalue weighted by atomic mass is 35.5. The molecule has 0 nitrogen and oxygen atoms in total. The molecular formula is C9H9Cl2. The van der Waals surface area contributed by atoms with Gasteiger partial charge in [0.15, 0.2) is 0 Å². The van der Waals surface area contributed by atoms with Gasteiger partial charge >= 0.3 is 0 Å². The third-order valence-electron chi connectivity index (χ3n) is 1.32. The van der Waals surface area contributed by atoms with Crippen molar-refractivity contribution >= 4 is 23.2 Å². The van der Waals surface area contributed by atoms with Crippen LogP contribution in [0.15, 0.2) is 18.2 Å². The smallest absolute Gasteiger partial charge is 0.0423 e. The fraction of sp³-hybridized carbons (Fsp3) is 0.222. The van der Waals surface area contributed by atoms with Gasteiger partial charge < -0.3 is 0 Å². The zero-order chi connectivity index (χ0) is 8.27. The average Bonchev–Trinajstić information content (AvgIpc) is 1.85. The van der Waals surface area contributed by atoms with Gasteiger partial charge in [0.25, 0.3) is 0 Å². The van der Waals surface area contributed by atoms with Crippen LogP contribution in [0.5, 0.6) is 0 Å². The molecule has 0 aliphatic carbocycles. The lowest BCUT2D eigenvalue weighted by Gasteiger charge is -1.99. The van der Waals surface area contributed by atoms with Gasteiger partial charge in [0.05, 0.1) is 0 Å². The second-order valence-corrected chi connectivity index (χ2v) is 3.19. The molecule has 0 amide bonds. The van der Waals surface area contributed by atoms with Gasteiger partial charge in [-0.2, -0.15) is 0 Å². The van der Waals surface area contributed by atoms with Crippen molar-refractivity contribution in [2.45, 2.75) is 13.3 Å². The lowest BCUT2D eigenvalue weighted by atomic mass is 10.1. The van der Waals surface area contributed by atoms with Crippen molar-refractivity contribution in [2.75, 3.05) is 0 Å². The molecule has 0 aliphatic heterocycles. The van der Waals surface area contributed by atoms with Gasteiger partial charge in [-0.15, -0.1) is 0 Å². The zero-order valence-corrected chi connectivity index (χ0v) is 7.78. The first kappa shape index (κ1) is 8.89. The van der Waals surface area contributed by atoms with Crippen LogP contribution < -0.4 is 0 Å². The zero-order valence-electron chi connectivity index (χ0n) is 6.27. The maximum absolute atomic E-state index is 5.78. The molecule has 0 aromatic heterocycles. The van der Waals surface area contributed by atoms with Gasteiger partial charge in [-0.25, -0.2) is 0 Å². The van der Waals surface area contributed by atoms with E-state index in [-0.39, 0.29) is 0 Å². The van der Waals surface area contributed by atoms with Crippen LogP contribution >= 0.6 is 23.2 Å². The number of hydrogen-bond donors (Lipinski definition) is 0. The van der Waals surface area contributed by atoms with Crippen LogP contribution in [0.1, 0.15) is 18.9 Å². The summed E-state index contributed by atoms with van der Waals surface area (Å²) in [5.74, 6) is 0. The van der Waals surface area contributed by atoms with Crippen LogP contribution in [-0.2, 0) is 0 Å². The van der Waals surface area contributed by atoms with Gasteiger partial charge in [-0.05, 0) is 36.6 Å². The average molecular weight is 188 g/mol. The molecule has 0 saturated heterocycles. The Morgan fingerprint density at radius 1 is 1.18 bits per heavy atom. The van der Waals surface area contributed by atoms with E-state index < -0.39 is 0 Å². The molecule has 0 spiro atoms. The Bertz CT molecular complexity index is 223. The number of rotatable bonds is 2. The van der Waals surface area contributed by atoms with E-state index in [0.717, 1.165) is 12.0 Å². The highest BCUT2D eigenvalue weighted by Gasteiger charge is 1.96. The molecule has 59 valence electrons. The van der Waals surface area contributed by atoms with E-state index in [0.29, 0.717) is 10.0 Å². The summed E-state index contributed by atoms with van der Waals surface area (Å²) < 4.78 is 0. The normalized spacial score (nSPS) is 10.1. The summed E-state index contributed by atoms with van der Waals surface area (Å²) in [7, 11) is 0. The molecule has 0 bridgehead atoms. The van der Waals surface area contributed by atoms with Crippen molar-refractivity contribution in [3.05, 3.63) is 40.2 Å². The molecule has 1 rings (SSSR count). The van der Waals surface area contributed by atoms with E-state index in [1.54, 1.807) is 6.07 Å². The summed E-state index contributed by atoms with van der Waals surface area (Å²) in [6, 6.07) is 5.53. The topological polar surface area (TPSA) is 0 Å². The Morgan fingerprint density at radius 2 is 1.73 bits per heavy atom. The van der Waals surface area contributed by atoms with Gasteiger partial charge in [0.1, 0.15) is 0 Å². The van der Waals surface area contributed by atoms with Gasteiger partial charge in [-0.1, -0.05) is 30.1 Å². The molecule has 0 heterocycles. The molecule has 0 saturated carbocycles. The minimum atomic E-state index is 0.692. The number of halogens is 2. The lowest BCUT2D eigenvalue weighted by molar-refractivity contribution is 1.12. The fourth-order valence-corrected chi connectivity index (χ4v) is 1.47. The second-order valence-electron chi connectivity index (χ2n) is 2.32. The number of benzene rings is 1. The summed E-state index contributed by atoms with van der Waals surface area (Å²) in [6.07, 6.45) is 3.08. The largest absolute Gasteiger partial charge is 0.0843 e. The van der Waals surface area contributed by atoms with Crippen LogP contribution in [0.25, 0.3) is 0 Å². The first-order valence-corrected chi connectivity index (χ1v) is 4.27. The third kappa shape index (κ3) is 2.72. The van der Waals surface area contributed by atoms with Crippen molar-refractivity contribution in [2.24, 2.45) is 0 Å².